The van der Waals surface area contributed by atoms with E-state index in [1.54, 1.807) is 6.08 Å². The van der Waals surface area contributed by atoms with Crippen LogP contribution in [-0.2, 0) is 65.4 Å². The van der Waals surface area contributed by atoms with Gasteiger partial charge in [-0.2, -0.15) is 0 Å². The zero-order valence-corrected chi connectivity index (χ0v) is 64.8. The summed E-state index contributed by atoms with van der Waals surface area (Å²) in [5, 5.41) is 10.6. The van der Waals surface area contributed by atoms with Crippen molar-refractivity contribution in [3.63, 3.8) is 0 Å². The fraction of sp³-hybridized carbons (Fsp3) is 0.614. The number of carbonyl (C=O) groups is 4. The van der Waals surface area contributed by atoms with Crippen molar-refractivity contribution in [2.75, 3.05) is 39.6 Å². The second kappa shape index (κ2) is 73.7. The maximum absolute atomic E-state index is 13.1. The quantitative estimate of drug-likeness (QED) is 0.0169. The van der Waals surface area contributed by atoms with Gasteiger partial charge in [0, 0.05) is 19.3 Å². The first-order valence-corrected chi connectivity index (χ1v) is 41.4. The first-order valence-electron chi connectivity index (χ1n) is 38.4. The van der Waals surface area contributed by atoms with E-state index in [9.17, 15) is 43.2 Å². The van der Waals surface area contributed by atoms with E-state index in [-0.39, 0.29) is 25.7 Å². The molecule has 578 valence electrons. The average Bonchev–Trinajstić information content (AvgIpc) is 0.908. The number of aliphatic hydroxyl groups excluding tert-OH is 1. The van der Waals surface area contributed by atoms with Gasteiger partial charge in [-0.25, -0.2) is 9.13 Å². The van der Waals surface area contributed by atoms with Gasteiger partial charge in [0.25, 0.3) is 0 Å². The molecular formula is C83H134O17P2. The van der Waals surface area contributed by atoms with Gasteiger partial charge in [-0.05, 0) is 122 Å². The van der Waals surface area contributed by atoms with Crippen molar-refractivity contribution in [1.82, 2.24) is 0 Å². The van der Waals surface area contributed by atoms with Gasteiger partial charge in [0.1, 0.15) is 19.3 Å². The molecule has 0 bridgehead atoms. The van der Waals surface area contributed by atoms with Crippen LogP contribution in [0.4, 0.5) is 0 Å². The van der Waals surface area contributed by atoms with Crippen LogP contribution >= 0.6 is 15.6 Å². The highest BCUT2D eigenvalue weighted by Gasteiger charge is 2.30. The third-order valence-electron chi connectivity index (χ3n) is 15.2. The van der Waals surface area contributed by atoms with Crippen LogP contribution in [0.5, 0.6) is 0 Å². The molecule has 0 aliphatic carbocycles. The van der Waals surface area contributed by atoms with E-state index < -0.39 is 97.5 Å². The average molecular weight is 1470 g/mol. The molecule has 17 nitrogen and oxygen atoms in total. The third kappa shape index (κ3) is 72.8. The Hall–Kier alpha value is -5.58. The summed E-state index contributed by atoms with van der Waals surface area (Å²) in [6.07, 6.45) is 86.8. The van der Waals surface area contributed by atoms with E-state index in [4.69, 9.17) is 37.0 Å². The molecule has 0 amide bonds. The summed E-state index contributed by atoms with van der Waals surface area (Å²) in [4.78, 5) is 72.8. The zero-order valence-electron chi connectivity index (χ0n) is 63.0. The van der Waals surface area contributed by atoms with Crippen molar-refractivity contribution >= 4 is 39.5 Å². The molecule has 0 spiro atoms. The fourth-order valence-corrected chi connectivity index (χ4v) is 11.1. The van der Waals surface area contributed by atoms with Crippen molar-refractivity contribution < 1.29 is 80.2 Å². The van der Waals surface area contributed by atoms with E-state index in [0.29, 0.717) is 32.1 Å². The number of carbonyl (C=O) groups excluding carboxylic acids is 4. The van der Waals surface area contributed by atoms with Crippen LogP contribution in [0, 0.1) is 0 Å². The molecule has 5 atom stereocenters. The molecule has 0 rings (SSSR count). The minimum absolute atomic E-state index is 0.0305. The third-order valence-corrected chi connectivity index (χ3v) is 17.1. The number of phosphoric ester groups is 2. The van der Waals surface area contributed by atoms with E-state index in [1.807, 2.05) is 36.5 Å². The van der Waals surface area contributed by atoms with Crippen LogP contribution in [0.1, 0.15) is 272 Å². The minimum Gasteiger partial charge on any atom is -0.462 e. The molecular weight excluding hydrogens is 1330 g/mol. The number of esters is 4. The number of unbranched alkanes of at least 4 members (excludes halogenated alkanes) is 17. The van der Waals surface area contributed by atoms with Crippen LogP contribution in [0.3, 0.4) is 0 Å². The molecule has 0 saturated heterocycles. The van der Waals surface area contributed by atoms with Gasteiger partial charge < -0.3 is 33.8 Å². The summed E-state index contributed by atoms with van der Waals surface area (Å²) in [6.45, 7) is 4.29. The van der Waals surface area contributed by atoms with Crippen LogP contribution in [0.15, 0.2) is 170 Å². The maximum atomic E-state index is 13.1. The highest BCUT2D eigenvalue weighted by molar-refractivity contribution is 7.47. The van der Waals surface area contributed by atoms with E-state index >= 15 is 0 Å². The molecule has 0 aromatic rings. The lowest BCUT2D eigenvalue weighted by Crippen LogP contribution is -2.30. The molecule has 19 heteroatoms. The number of phosphoric acid groups is 2. The lowest BCUT2D eigenvalue weighted by Gasteiger charge is -2.21. The molecule has 0 aromatic carbocycles. The van der Waals surface area contributed by atoms with E-state index in [2.05, 4.69) is 155 Å². The summed E-state index contributed by atoms with van der Waals surface area (Å²) in [5.74, 6) is -2.45. The number of aliphatic hydroxyl groups is 1. The zero-order chi connectivity index (χ0) is 74.6. The van der Waals surface area contributed by atoms with Crippen molar-refractivity contribution in [2.45, 2.75) is 290 Å². The Kier molecular flexibility index (Phi) is 69.7. The molecule has 0 aliphatic rings. The summed E-state index contributed by atoms with van der Waals surface area (Å²) >= 11 is 0. The molecule has 0 radical (unpaired) electrons. The number of allylic oxidation sites excluding steroid dienone is 27. The van der Waals surface area contributed by atoms with E-state index in [0.717, 1.165) is 135 Å². The molecule has 5 unspecified atom stereocenters. The van der Waals surface area contributed by atoms with Gasteiger partial charge in [0.2, 0.25) is 0 Å². The van der Waals surface area contributed by atoms with Crippen molar-refractivity contribution in [2.24, 2.45) is 0 Å². The summed E-state index contributed by atoms with van der Waals surface area (Å²) in [6, 6.07) is 0. The van der Waals surface area contributed by atoms with Crippen molar-refractivity contribution in [3.8, 4) is 0 Å². The molecule has 0 aromatic heterocycles. The van der Waals surface area contributed by atoms with Gasteiger partial charge >= 0.3 is 39.5 Å². The lowest BCUT2D eigenvalue weighted by molar-refractivity contribution is -0.161. The van der Waals surface area contributed by atoms with Gasteiger partial charge in [0.15, 0.2) is 12.2 Å². The van der Waals surface area contributed by atoms with Gasteiger partial charge in [-0.3, -0.25) is 37.3 Å². The minimum atomic E-state index is -5.01. The predicted molar refractivity (Wildman–Crippen MR) is 417 cm³/mol. The molecule has 0 aliphatic heterocycles. The molecule has 102 heavy (non-hydrogen) atoms. The lowest BCUT2D eigenvalue weighted by atomic mass is 10.0. The smallest absolute Gasteiger partial charge is 0.462 e. The van der Waals surface area contributed by atoms with Gasteiger partial charge in [0.05, 0.1) is 32.8 Å². The van der Waals surface area contributed by atoms with Crippen LogP contribution in [0.2, 0.25) is 0 Å². The van der Waals surface area contributed by atoms with Crippen LogP contribution < -0.4 is 0 Å². The Morgan fingerprint density at radius 2 is 0.569 bits per heavy atom. The van der Waals surface area contributed by atoms with Crippen LogP contribution in [0.25, 0.3) is 0 Å². The van der Waals surface area contributed by atoms with E-state index in [1.165, 1.54) is 51.4 Å². The second-order valence-electron chi connectivity index (χ2n) is 24.8. The van der Waals surface area contributed by atoms with Crippen LogP contribution in [-0.4, -0.2) is 96.7 Å². The standard InChI is InChI=1S/C83H134O17P2/c1-5-9-13-17-21-25-29-33-36-37-38-39-42-45-48-52-56-60-64-68-81(86)94-73-78(99-82(87)69-65-61-57-53-49-43-32-28-24-20-16-12-8-4)75-97-101(89,90)95-71-77(84)72-96-102(91,92)98-76-79(100-83(88)70-66-62-58-54-50-46-41-35-31-27-23-19-15-11-7-3)74-93-80(85)67-63-59-55-51-47-44-40-34-30-26-22-18-14-10-6-2/h9-11,13-15,21-23,25-27,33-36,38-41,45,47-48,51,56,59-60,63,77-79,84H,5-8,12,16-20,24,28-32,37,42-44,46,49-50,52-55,57-58,61-62,64-76H2,1-4H3,(H,89,90)(H,91,92)/b13-9-,14-10-,15-11-,25-21-,26-22-,27-23-,36-33-,39-38-,40-34-,41-35-,48-45-,51-47-,60-56-,63-59-. The number of rotatable bonds is 70. The SMILES string of the molecule is CC/C=C\C/C=C\C/C=C\C/C=C\C/C=C\C/C=C\CCC(=O)OCC(COP(=O)(O)OCC(O)COP(=O)(O)OCC(COC(=O)C/C=C\C/C=C\C/C=C\C/C=C\C/C=C\CC)OC(=O)CCCCCCC/C=C\C/C=C\C/C=C\CC)OC(=O)CCCCCCCCCCCCCCC. The first kappa shape index (κ1) is 96.4. The topological polar surface area (TPSA) is 237 Å². The largest absolute Gasteiger partial charge is 0.472 e. The highest BCUT2D eigenvalue weighted by atomic mass is 31.2. The fourth-order valence-electron chi connectivity index (χ4n) is 9.51. The normalized spacial score (nSPS) is 14.9. The second-order valence-corrected chi connectivity index (χ2v) is 27.7. The summed E-state index contributed by atoms with van der Waals surface area (Å²) < 4.78 is 68.3. The molecule has 0 fully saturated rings. The van der Waals surface area contributed by atoms with Gasteiger partial charge in [-0.1, -0.05) is 294 Å². The number of hydrogen-bond donors (Lipinski definition) is 3. The highest BCUT2D eigenvalue weighted by Crippen LogP contribution is 2.45. The Labute approximate surface area is 616 Å². The maximum Gasteiger partial charge on any atom is 0.472 e. The summed E-state index contributed by atoms with van der Waals surface area (Å²) in [7, 11) is -10.0. The Morgan fingerprint density at radius 1 is 0.294 bits per heavy atom. The number of hydrogen-bond acceptors (Lipinski definition) is 15. The van der Waals surface area contributed by atoms with Gasteiger partial charge in [-0.15, -0.1) is 0 Å². The molecule has 0 heterocycles. The molecule has 3 N–H and O–H groups in total. The predicted octanol–water partition coefficient (Wildman–Crippen LogP) is 22.2. The Bertz CT molecular complexity index is 2600. The number of ether oxygens (including phenoxy) is 4. The first-order chi connectivity index (χ1) is 49.7. The van der Waals surface area contributed by atoms with Crippen molar-refractivity contribution in [3.05, 3.63) is 170 Å². The summed E-state index contributed by atoms with van der Waals surface area (Å²) in [5.41, 5.74) is 0. The molecule has 0 saturated carbocycles. The monoisotopic (exact) mass is 1460 g/mol. The Morgan fingerprint density at radius 3 is 0.912 bits per heavy atom. The Balaban J connectivity index is 5.50. The van der Waals surface area contributed by atoms with Crippen molar-refractivity contribution in [1.29, 1.82) is 0 Å².